The maximum absolute atomic E-state index is 12.5. The number of benzene rings is 1. The number of halogens is 1. The lowest BCUT2D eigenvalue weighted by Crippen LogP contribution is -2.13. The Balaban J connectivity index is 1.60. The van der Waals surface area contributed by atoms with Crippen molar-refractivity contribution in [3.63, 3.8) is 0 Å². The van der Waals surface area contributed by atoms with Crippen molar-refractivity contribution >= 4 is 40.8 Å². The third-order valence-electron chi connectivity index (χ3n) is 4.40. The fourth-order valence-electron chi connectivity index (χ4n) is 2.89. The van der Waals surface area contributed by atoms with E-state index in [4.69, 9.17) is 16.3 Å². The van der Waals surface area contributed by atoms with E-state index in [0.29, 0.717) is 10.6 Å². The Morgan fingerprint density at radius 3 is 2.61 bits per heavy atom. The van der Waals surface area contributed by atoms with Crippen molar-refractivity contribution in [2.24, 2.45) is 0 Å². The van der Waals surface area contributed by atoms with Crippen LogP contribution in [0.4, 0.5) is 0 Å². The van der Waals surface area contributed by atoms with Crippen LogP contribution in [-0.4, -0.2) is 22.9 Å². The van der Waals surface area contributed by atoms with Gasteiger partial charge in [-0.3, -0.25) is 4.79 Å². The number of thiophene rings is 1. The molecule has 0 bridgehead atoms. The second-order valence-corrected chi connectivity index (χ2v) is 7.83. The second-order valence-electron chi connectivity index (χ2n) is 6.37. The zero-order valence-corrected chi connectivity index (χ0v) is 17.2. The number of carbonyl (C=O) groups excluding carboxylic acids is 2. The van der Waals surface area contributed by atoms with Crippen molar-refractivity contribution in [2.75, 3.05) is 6.61 Å². The number of hydrogen-bond donors (Lipinski definition) is 0. The molecule has 0 amide bonds. The molecule has 144 valence electrons. The van der Waals surface area contributed by atoms with E-state index in [1.807, 2.05) is 31.4 Å². The molecule has 2 heterocycles. The van der Waals surface area contributed by atoms with Gasteiger partial charge in [0.15, 0.2) is 6.61 Å². The summed E-state index contributed by atoms with van der Waals surface area (Å²) in [6.45, 7) is 4.33. The maximum atomic E-state index is 12.5. The maximum Gasteiger partial charge on any atom is 0.331 e. The molecule has 3 aromatic rings. The molecule has 0 fully saturated rings. The lowest BCUT2D eigenvalue weighted by Gasteiger charge is -2.08. The normalized spacial score (nSPS) is 11.1. The minimum Gasteiger partial charge on any atom is -0.454 e. The molecular formula is C22H20ClNO3S. The van der Waals surface area contributed by atoms with Crippen LogP contribution in [-0.2, 0) is 16.1 Å². The van der Waals surface area contributed by atoms with Crippen LogP contribution < -0.4 is 0 Å². The molecule has 0 spiro atoms. The van der Waals surface area contributed by atoms with Gasteiger partial charge in [-0.25, -0.2) is 4.79 Å². The zero-order chi connectivity index (χ0) is 20.1. The lowest BCUT2D eigenvalue weighted by molar-refractivity contribution is -0.136. The van der Waals surface area contributed by atoms with E-state index >= 15 is 0 Å². The number of ketones is 1. The Morgan fingerprint density at radius 1 is 1.18 bits per heavy atom. The molecule has 28 heavy (non-hydrogen) atoms. The molecular weight excluding hydrogens is 394 g/mol. The van der Waals surface area contributed by atoms with E-state index in [9.17, 15) is 9.59 Å². The fraction of sp³-hybridized carbons (Fsp3) is 0.182. The van der Waals surface area contributed by atoms with Crippen molar-refractivity contribution in [3.05, 3.63) is 86.3 Å². The number of carbonyl (C=O) groups is 2. The Kier molecular flexibility index (Phi) is 6.49. The number of rotatable bonds is 7. The van der Waals surface area contributed by atoms with Gasteiger partial charge < -0.3 is 9.30 Å². The first-order chi connectivity index (χ1) is 13.4. The van der Waals surface area contributed by atoms with Crippen LogP contribution >= 0.6 is 22.9 Å². The summed E-state index contributed by atoms with van der Waals surface area (Å²) >= 11 is 7.51. The van der Waals surface area contributed by atoms with Crippen LogP contribution in [0.25, 0.3) is 6.08 Å². The van der Waals surface area contributed by atoms with Gasteiger partial charge in [0, 0.05) is 32.9 Å². The van der Waals surface area contributed by atoms with Crippen molar-refractivity contribution in [2.45, 2.75) is 20.4 Å². The van der Waals surface area contributed by atoms with Crippen LogP contribution in [0, 0.1) is 13.8 Å². The van der Waals surface area contributed by atoms with Gasteiger partial charge in [-0.15, -0.1) is 11.3 Å². The van der Waals surface area contributed by atoms with Gasteiger partial charge >= 0.3 is 5.97 Å². The van der Waals surface area contributed by atoms with Crippen molar-refractivity contribution in [3.8, 4) is 0 Å². The summed E-state index contributed by atoms with van der Waals surface area (Å²) in [4.78, 5) is 25.6. The summed E-state index contributed by atoms with van der Waals surface area (Å²) in [6, 6.07) is 13.0. The second kappa shape index (κ2) is 9.04. The number of aromatic nitrogens is 1. The van der Waals surface area contributed by atoms with E-state index in [1.54, 1.807) is 41.7 Å². The first kappa shape index (κ1) is 20.1. The standard InChI is InChI=1S/C22H20ClNO3S/c1-15-12-20(16(2)24(15)13-19-4-3-11-28-19)21(25)14-27-22(26)10-7-17-5-8-18(23)9-6-17/h3-12H,13-14H2,1-2H3/b10-7+. The summed E-state index contributed by atoms with van der Waals surface area (Å²) in [7, 11) is 0. The molecule has 0 radical (unpaired) electrons. The van der Waals surface area contributed by atoms with Gasteiger partial charge in [0.1, 0.15) is 0 Å². The predicted molar refractivity (Wildman–Crippen MR) is 113 cm³/mol. The van der Waals surface area contributed by atoms with Crippen LogP contribution in [0.15, 0.2) is 53.9 Å². The number of nitrogens with zero attached hydrogens (tertiary/aromatic N) is 1. The van der Waals surface area contributed by atoms with E-state index in [2.05, 4.69) is 10.6 Å². The molecule has 0 aliphatic heterocycles. The van der Waals surface area contributed by atoms with E-state index in [0.717, 1.165) is 23.5 Å². The van der Waals surface area contributed by atoms with Crippen LogP contribution in [0.5, 0.6) is 0 Å². The molecule has 0 unspecified atom stereocenters. The molecule has 0 atom stereocenters. The Labute approximate surface area is 173 Å². The molecule has 0 saturated heterocycles. The van der Waals surface area contributed by atoms with E-state index in [-0.39, 0.29) is 12.4 Å². The molecule has 1 aromatic carbocycles. The summed E-state index contributed by atoms with van der Waals surface area (Å²) in [5.41, 5.74) is 3.29. The van der Waals surface area contributed by atoms with E-state index in [1.165, 1.54) is 11.0 Å². The Bertz CT molecular complexity index is 1000. The SMILES string of the molecule is Cc1cc(C(=O)COC(=O)/C=C/c2ccc(Cl)cc2)c(C)n1Cc1cccs1. The molecule has 0 saturated carbocycles. The summed E-state index contributed by atoms with van der Waals surface area (Å²) in [6.07, 6.45) is 2.92. The van der Waals surface area contributed by atoms with Gasteiger partial charge in [0.05, 0.1) is 6.54 Å². The van der Waals surface area contributed by atoms with Crippen molar-refractivity contribution in [1.29, 1.82) is 0 Å². The highest BCUT2D eigenvalue weighted by Gasteiger charge is 2.17. The average molecular weight is 414 g/mol. The fourth-order valence-corrected chi connectivity index (χ4v) is 3.70. The highest BCUT2D eigenvalue weighted by Crippen LogP contribution is 2.20. The molecule has 6 heteroatoms. The third kappa shape index (κ3) is 5.00. The molecule has 0 aliphatic rings. The summed E-state index contributed by atoms with van der Waals surface area (Å²) < 4.78 is 7.20. The topological polar surface area (TPSA) is 48.3 Å². The van der Waals surface area contributed by atoms with Gasteiger partial charge in [0.25, 0.3) is 0 Å². The largest absolute Gasteiger partial charge is 0.454 e. The number of ether oxygens (including phenoxy) is 1. The average Bonchev–Trinajstić information content (AvgIpc) is 3.29. The molecule has 0 aliphatic carbocycles. The first-order valence-electron chi connectivity index (χ1n) is 8.77. The number of hydrogen-bond acceptors (Lipinski definition) is 4. The van der Waals surface area contributed by atoms with Crippen molar-refractivity contribution in [1.82, 2.24) is 4.57 Å². The minimum atomic E-state index is -0.560. The number of aryl methyl sites for hydroxylation is 1. The molecule has 0 N–H and O–H groups in total. The van der Waals surface area contributed by atoms with E-state index < -0.39 is 5.97 Å². The third-order valence-corrected chi connectivity index (χ3v) is 5.51. The van der Waals surface area contributed by atoms with Crippen molar-refractivity contribution < 1.29 is 14.3 Å². The van der Waals surface area contributed by atoms with Gasteiger partial charge in [0.2, 0.25) is 5.78 Å². The molecule has 3 rings (SSSR count). The molecule has 4 nitrogen and oxygen atoms in total. The van der Waals surface area contributed by atoms with Crippen LogP contribution in [0.2, 0.25) is 5.02 Å². The van der Waals surface area contributed by atoms with Gasteiger partial charge in [-0.1, -0.05) is 29.8 Å². The predicted octanol–water partition coefficient (Wildman–Crippen LogP) is 5.31. The van der Waals surface area contributed by atoms with Crippen LogP contribution in [0.3, 0.4) is 0 Å². The monoisotopic (exact) mass is 413 g/mol. The highest BCUT2D eigenvalue weighted by molar-refractivity contribution is 7.09. The first-order valence-corrected chi connectivity index (χ1v) is 10.0. The number of Topliss-reactive ketones (excluding diaryl/α,β-unsaturated/α-hetero) is 1. The zero-order valence-electron chi connectivity index (χ0n) is 15.6. The minimum absolute atomic E-state index is 0.209. The lowest BCUT2D eigenvalue weighted by atomic mass is 10.1. The van der Waals surface area contributed by atoms with Gasteiger partial charge in [-0.2, -0.15) is 0 Å². The molecule has 2 aromatic heterocycles. The summed E-state index contributed by atoms with van der Waals surface area (Å²) in [5.74, 6) is -0.769. The Morgan fingerprint density at radius 2 is 1.93 bits per heavy atom. The van der Waals surface area contributed by atoms with Gasteiger partial charge in [-0.05, 0) is 55.1 Å². The smallest absolute Gasteiger partial charge is 0.331 e. The number of esters is 1. The Hall–Kier alpha value is -2.63. The summed E-state index contributed by atoms with van der Waals surface area (Å²) in [5, 5.41) is 2.66. The highest BCUT2D eigenvalue weighted by atomic mass is 35.5. The van der Waals surface area contributed by atoms with Crippen LogP contribution in [0.1, 0.15) is 32.2 Å². The quantitative estimate of drug-likeness (QED) is 0.299.